The highest BCUT2D eigenvalue weighted by Gasteiger charge is 2.06. The van der Waals surface area contributed by atoms with Crippen molar-refractivity contribution in [2.45, 2.75) is 26.3 Å². The van der Waals surface area contributed by atoms with E-state index in [9.17, 15) is 9.18 Å². The third kappa shape index (κ3) is 3.44. The number of carbonyl (C=O) groups excluding carboxylic acids is 1. The van der Waals surface area contributed by atoms with Gasteiger partial charge in [-0.2, -0.15) is 0 Å². The van der Waals surface area contributed by atoms with E-state index in [0.29, 0.717) is 6.42 Å². The summed E-state index contributed by atoms with van der Waals surface area (Å²) in [5.74, 6) is -0.0912. The Labute approximate surface area is 118 Å². The predicted molar refractivity (Wildman–Crippen MR) is 79.5 cm³/mol. The van der Waals surface area contributed by atoms with Crippen LogP contribution in [0.2, 0.25) is 0 Å². The van der Waals surface area contributed by atoms with E-state index in [0.717, 1.165) is 16.8 Å². The van der Waals surface area contributed by atoms with Gasteiger partial charge in [0.15, 0.2) is 5.78 Å². The van der Waals surface area contributed by atoms with Gasteiger partial charge in [-0.25, -0.2) is 4.39 Å². The van der Waals surface area contributed by atoms with Gasteiger partial charge in [0, 0.05) is 23.7 Å². The van der Waals surface area contributed by atoms with E-state index in [-0.39, 0.29) is 17.6 Å². The van der Waals surface area contributed by atoms with Crippen LogP contribution in [0.3, 0.4) is 0 Å². The number of anilines is 1. The van der Waals surface area contributed by atoms with Gasteiger partial charge in [0.05, 0.1) is 0 Å². The van der Waals surface area contributed by atoms with Crippen molar-refractivity contribution >= 4 is 11.5 Å². The van der Waals surface area contributed by atoms with E-state index in [1.54, 1.807) is 12.1 Å². The quantitative estimate of drug-likeness (QED) is 0.806. The lowest BCUT2D eigenvalue weighted by atomic mass is 10.1. The first-order chi connectivity index (χ1) is 9.60. The van der Waals surface area contributed by atoms with E-state index in [1.807, 2.05) is 38.1 Å². The van der Waals surface area contributed by atoms with Gasteiger partial charge in [-0.15, -0.1) is 0 Å². The average molecular weight is 271 g/mol. The van der Waals surface area contributed by atoms with Gasteiger partial charge >= 0.3 is 0 Å². The zero-order valence-electron chi connectivity index (χ0n) is 11.7. The molecule has 0 saturated heterocycles. The Morgan fingerprint density at radius 3 is 2.25 bits per heavy atom. The van der Waals surface area contributed by atoms with Gasteiger partial charge in [-0.05, 0) is 48.9 Å². The zero-order valence-corrected chi connectivity index (χ0v) is 11.7. The fraction of sp³-hybridized carbons (Fsp3) is 0.235. The summed E-state index contributed by atoms with van der Waals surface area (Å²) in [6, 6.07) is 13.9. The molecule has 2 nitrogen and oxygen atoms in total. The number of rotatable bonds is 5. The first-order valence-electron chi connectivity index (χ1n) is 6.75. The molecule has 0 heterocycles. The summed E-state index contributed by atoms with van der Waals surface area (Å²) in [7, 11) is 0. The summed E-state index contributed by atoms with van der Waals surface area (Å²) in [5.41, 5.74) is 2.68. The van der Waals surface area contributed by atoms with E-state index in [4.69, 9.17) is 0 Å². The van der Waals surface area contributed by atoms with Crippen LogP contribution >= 0.6 is 0 Å². The highest BCUT2D eigenvalue weighted by Crippen LogP contribution is 2.20. The summed E-state index contributed by atoms with van der Waals surface area (Å²) in [6.45, 7) is 3.86. The van der Waals surface area contributed by atoms with Gasteiger partial charge in [-0.3, -0.25) is 4.79 Å². The molecular weight excluding hydrogens is 253 g/mol. The lowest BCUT2D eigenvalue weighted by Gasteiger charge is -2.16. The van der Waals surface area contributed by atoms with Gasteiger partial charge < -0.3 is 5.32 Å². The Kier molecular flexibility index (Phi) is 4.51. The van der Waals surface area contributed by atoms with Crippen molar-refractivity contribution in [3.05, 3.63) is 65.5 Å². The minimum atomic E-state index is -0.233. The van der Waals surface area contributed by atoms with Gasteiger partial charge in [-0.1, -0.05) is 19.1 Å². The number of halogens is 1. The van der Waals surface area contributed by atoms with Crippen molar-refractivity contribution in [1.82, 2.24) is 0 Å². The van der Waals surface area contributed by atoms with Crippen LogP contribution in [0.25, 0.3) is 0 Å². The van der Waals surface area contributed by atoms with Crippen LogP contribution in [0, 0.1) is 5.82 Å². The van der Waals surface area contributed by atoms with Crippen LogP contribution in [0.1, 0.15) is 42.2 Å². The second-order valence-electron chi connectivity index (χ2n) is 4.77. The Balaban J connectivity index is 2.06. The van der Waals surface area contributed by atoms with E-state index >= 15 is 0 Å². The predicted octanol–water partition coefficient (Wildman–Crippen LogP) is 4.59. The third-order valence-corrected chi connectivity index (χ3v) is 3.28. The van der Waals surface area contributed by atoms with Crippen molar-refractivity contribution in [2.24, 2.45) is 0 Å². The summed E-state index contributed by atoms with van der Waals surface area (Å²) < 4.78 is 12.9. The Morgan fingerprint density at radius 2 is 1.70 bits per heavy atom. The lowest BCUT2D eigenvalue weighted by molar-refractivity contribution is 0.0988. The third-order valence-electron chi connectivity index (χ3n) is 3.28. The maximum Gasteiger partial charge on any atom is 0.162 e. The van der Waals surface area contributed by atoms with Gasteiger partial charge in [0.2, 0.25) is 0 Å². The molecule has 3 heteroatoms. The number of nitrogens with one attached hydrogen (secondary N) is 1. The molecule has 0 spiro atoms. The molecule has 1 atom stereocenters. The molecule has 1 unspecified atom stereocenters. The topological polar surface area (TPSA) is 29.1 Å². The van der Waals surface area contributed by atoms with E-state index in [1.165, 1.54) is 12.1 Å². The SMILES string of the molecule is CCC(=O)c1ccc(NC(C)c2ccc(F)cc2)cc1. The molecule has 0 aliphatic heterocycles. The number of benzene rings is 2. The molecule has 2 rings (SSSR count). The van der Waals surface area contributed by atoms with Crippen molar-refractivity contribution in [1.29, 1.82) is 0 Å². The average Bonchev–Trinajstić information content (AvgIpc) is 2.48. The number of hydrogen-bond acceptors (Lipinski definition) is 2. The van der Waals surface area contributed by atoms with Crippen LogP contribution in [-0.2, 0) is 0 Å². The van der Waals surface area contributed by atoms with Crippen LogP contribution in [-0.4, -0.2) is 5.78 Å². The number of ketones is 1. The van der Waals surface area contributed by atoms with Crippen LogP contribution < -0.4 is 5.32 Å². The van der Waals surface area contributed by atoms with E-state index in [2.05, 4.69) is 5.32 Å². The zero-order chi connectivity index (χ0) is 14.5. The number of hydrogen-bond donors (Lipinski definition) is 1. The van der Waals surface area contributed by atoms with Gasteiger partial charge in [0.25, 0.3) is 0 Å². The normalized spacial score (nSPS) is 11.9. The fourth-order valence-corrected chi connectivity index (χ4v) is 2.04. The number of Topliss-reactive ketones (excluding diaryl/α,β-unsaturated/α-hetero) is 1. The molecule has 0 bridgehead atoms. The standard InChI is InChI=1S/C17H18FNO/c1-3-17(20)14-6-10-16(11-7-14)19-12(2)13-4-8-15(18)9-5-13/h4-12,19H,3H2,1-2H3. The van der Waals surface area contributed by atoms with Crippen molar-refractivity contribution in [3.8, 4) is 0 Å². The molecule has 0 radical (unpaired) electrons. The molecule has 0 saturated carbocycles. The van der Waals surface area contributed by atoms with E-state index < -0.39 is 0 Å². The van der Waals surface area contributed by atoms with Crippen LogP contribution in [0.15, 0.2) is 48.5 Å². The summed E-state index contributed by atoms with van der Waals surface area (Å²) >= 11 is 0. The molecular formula is C17H18FNO. The molecule has 2 aromatic rings. The monoisotopic (exact) mass is 271 g/mol. The molecule has 0 fully saturated rings. The second-order valence-corrected chi connectivity index (χ2v) is 4.77. The molecule has 0 aliphatic rings. The van der Waals surface area contributed by atoms with Crippen molar-refractivity contribution in [3.63, 3.8) is 0 Å². The number of carbonyl (C=O) groups is 1. The second kappa shape index (κ2) is 6.33. The highest BCUT2D eigenvalue weighted by molar-refractivity contribution is 5.96. The minimum Gasteiger partial charge on any atom is -0.379 e. The maximum atomic E-state index is 12.9. The van der Waals surface area contributed by atoms with Crippen LogP contribution in [0.5, 0.6) is 0 Å². The lowest BCUT2D eigenvalue weighted by Crippen LogP contribution is -2.07. The molecule has 20 heavy (non-hydrogen) atoms. The van der Waals surface area contributed by atoms with Gasteiger partial charge in [0.1, 0.15) is 5.82 Å². The molecule has 0 aromatic heterocycles. The maximum absolute atomic E-state index is 12.9. The highest BCUT2D eigenvalue weighted by atomic mass is 19.1. The van der Waals surface area contributed by atoms with Crippen LogP contribution in [0.4, 0.5) is 10.1 Å². The Bertz CT molecular complexity index is 575. The molecule has 104 valence electrons. The largest absolute Gasteiger partial charge is 0.379 e. The van der Waals surface area contributed by atoms with Crippen molar-refractivity contribution in [2.75, 3.05) is 5.32 Å². The summed E-state index contributed by atoms with van der Waals surface area (Å²) in [4.78, 5) is 11.5. The first-order valence-corrected chi connectivity index (χ1v) is 6.75. The fourth-order valence-electron chi connectivity index (χ4n) is 2.04. The summed E-state index contributed by atoms with van der Waals surface area (Å²) in [5, 5.41) is 3.33. The molecule has 0 amide bonds. The minimum absolute atomic E-state index is 0.0725. The molecule has 0 aliphatic carbocycles. The first kappa shape index (κ1) is 14.3. The Morgan fingerprint density at radius 1 is 1.10 bits per heavy atom. The summed E-state index contributed by atoms with van der Waals surface area (Å²) in [6.07, 6.45) is 0.513. The molecule has 2 aromatic carbocycles. The molecule has 1 N–H and O–H groups in total. The Hall–Kier alpha value is -2.16. The smallest absolute Gasteiger partial charge is 0.162 e. The van der Waals surface area contributed by atoms with Crippen molar-refractivity contribution < 1.29 is 9.18 Å².